The summed E-state index contributed by atoms with van der Waals surface area (Å²) >= 11 is 6.08. The van der Waals surface area contributed by atoms with Gasteiger partial charge in [-0.1, -0.05) is 29.8 Å². The summed E-state index contributed by atoms with van der Waals surface area (Å²) in [6.45, 7) is 7.61. The monoisotopic (exact) mass is 439 g/mol. The van der Waals surface area contributed by atoms with Gasteiger partial charge in [-0.2, -0.15) is 0 Å². The Balaban J connectivity index is 1.29. The molecule has 1 aliphatic rings. The van der Waals surface area contributed by atoms with E-state index in [1.165, 1.54) is 0 Å². The zero-order valence-corrected chi connectivity index (χ0v) is 18.6. The van der Waals surface area contributed by atoms with Crippen molar-refractivity contribution in [3.63, 3.8) is 0 Å². The van der Waals surface area contributed by atoms with Crippen molar-refractivity contribution < 1.29 is 13.9 Å². The second kappa shape index (κ2) is 9.54. The van der Waals surface area contributed by atoms with Gasteiger partial charge in [0.25, 0.3) is 5.91 Å². The normalized spacial score (nSPS) is 14.6. The lowest BCUT2D eigenvalue weighted by Gasteiger charge is -2.34. The largest absolute Gasteiger partial charge is 0.484 e. The summed E-state index contributed by atoms with van der Waals surface area (Å²) in [6, 6.07) is 15.2. The second-order valence-electron chi connectivity index (χ2n) is 7.79. The zero-order valence-electron chi connectivity index (χ0n) is 17.8. The fourth-order valence-electron chi connectivity index (χ4n) is 3.63. The highest BCUT2D eigenvalue weighted by Crippen LogP contribution is 2.25. The highest BCUT2D eigenvalue weighted by molar-refractivity contribution is 6.30. The van der Waals surface area contributed by atoms with Gasteiger partial charge in [-0.05, 0) is 49.7 Å². The van der Waals surface area contributed by atoms with Crippen LogP contribution >= 0.6 is 11.6 Å². The van der Waals surface area contributed by atoms with Crippen molar-refractivity contribution in [2.45, 2.75) is 20.4 Å². The van der Waals surface area contributed by atoms with Gasteiger partial charge in [0.15, 0.2) is 6.61 Å². The Kier molecular flexibility index (Phi) is 6.59. The maximum atomic E-state index is 12.5. The number of aromatic nitrogens is 1. The van der Waals surface area contributed by atoms with Gasteiger partial charge >= 0.3 is 0 Å². The molecule has 7 heteroatoms. The Morgan fingerprint density at radius 2 is 1.87 bits per heavy atom. The van der Waals surface area contributed by atoms with Crippen LogP contribution < -0.4 is 4.74 Å². The molecule has 0 spiro atoms. The van der Waals surface area contributed by atoms with Gasteiger partial charge in [0.1, 0.15) is 11.5 Å². The number of benzene rings is 2. The number of carbonyl (C=O) groups is 1. The van der Waals surface area contributed by atoms with E-state index in [9.17, 15) is 4.79 Å². The van der Waals surface area contributed by atoms with Crippen LogP contribution in [0.25, 0.3) is 11.5 Å². The predicted molar refractivity (Wildman–Crippen MR) is 120 cm³/mol. The average molecular weight is 440 g/mol. The molecule has 0 radical (unpaired) electrons. The number of halogens is 1. The van der Waals surface area contributed by atoms with Crippen LogP contribution in [0.5, 0.6) is 5.75 Å². The summed E-state index contributed by atoms with van der Waals surface area (Å²) in [5, 5.41) is 0.655. The van der Waals surface area contributed by atoms with Crippen LogP contribution in [0.15, 0.2) is 52.9 Å². The number of ether oxygens (including phenoxy) is 1. The van der Waals surface area contributed by atoms with E-state index >= 15 is 0 Å². The van der Waals surface area contributed by atoms with Crippen LogP contribution in [0.2, 0.25) is 5.02 Å². The SMILES string of the molecule is Cc1cccc(OCC(=O)N2CCN(Cc3nc(-c4cccc(Cl)c4)oc3C)CC2)c1. The van der Waals surface area contributed by atoms with Gasteiger partial charge < -0.3 is 14.1 Å². The maximum absolute atomic E-state index is 12.5. The van der Waals surface area contributed by atoms with E-state index in [1.807, 2.05) is 67.3 Å². The summed E-state index contributed by atoms with van der Waals surface area (Å²) in [5.41, 5.74) is 2.89. The fraction of sp³-hybridized carbons (Fsp3) is 0.333. The first-order valence-corrected chi connectivity index (χ1v) is 10.8. The maximum Gasteiger partial charge on any atom is 0.260 e. The quantitative estimate of drug-likeness (QED) is 0.572. The van der Waals surface area contributed by atoms with Crippen LogP contribution in [0.3, 0.4) is 0 Å². The van der Waals surface area contributed by atoms with Crippen LogP contribution in [0.1, 0.15) is 17.0 Å². The first-order valence-electron chi connectivity index (χ1n) is 10.4. The molecule has 0 atom stereocenters. The van der Waals surface area contributed by atoms with E-state index in [0.29, 0.717) is 30.5 Å². The zero-order chi connectivity index (χ0) is 21.8. The molecule has 2 heterocycles. The molecular formula is C24H26ClN3O3. The van der Waals surface area contributed by atoms with Crippen molar-refractivity contribution in [3.05, 3.63) is 70.6 Å². The Bertz CT molecular complexity index is 1060. The van der Waals surface area contributed by atoms with E-state index in [0.717, 1.165) is 41.4 Å². The first kappa shape index (κ1) is 21.4. The van der Waals surface area contributed by atoms with Gasteiger partial charge in [-0.15, -0.1) is 0 Å². The lowest BCUT2D eigenvalue weighted by atomic mass is 10.2. The van der Waals surface area contributed by atoms with Crippen LogP contribution in [0, 0.1) is 13.8 Å². The minimum absolute atomic E-state index is 0.0158. The molecular weight excluding hydrogens is 414 g/mol. The fourth-order valence-corrected chi connectivity index (χ4v) is 3.82. The van der Waals surface area contributed by atoms with Gasteiger partial charge in [0.2, 0.25) is 5.89 Å². The van der Waals surface area contributed by atoms with Gasteiger partial charge in [0.05, 0.1) is 5.69 Å². The smallest absolute Gasteiger partial charge is 0.260 e. The number of amides is 1. The molecule has 1 aromatic heterocycles. The molecule has 0 unspecified atom stereocenters. The summed E-state index contributed by atoms with van der Waals surface area (Å²) in [4.78, 5) is 21.3. The Hall–Kier alpha value is -2.83. The highest BCUT2D eigenvalue weighted by Gasteiger charge is 2.23. The summed E-state index contributed by atoms with van der Waals surface area (Å²) < 4.78 is 11.5. The molecule has 1 amide bonds. The molecule has 4 rings (SSSR count). The van der Waals surface area contributed by atoms with Crippen molar-refractivity contribution >= 4 is 17.5 Å². The summed E-state index contributed by atoms with van der Waals surface area (Å²) in [5.74, 6) is 2.13. The lowest BCUT2D eigenvalue weighted by molar-refractivity contribution is -0.135. The molecule has 3 aromatic rings. The lowest BCUT2D eigenvalue weighted by Crippen LogP contribution is -2.49. The highest BCUT2D eigenvalue weighted by atomic mass is 35.5. The Morgan fingerprint density at radius 1 is 1.10 bits per heavy atom. The molecule has 0 saturated carbocycles. The molecule has 0 aliphatic carbocycles. The molecule has 1 fully saturated rings. The Morgan fingerprint density at radius 3 is 2.61 bits per heavy atom. The predicted octanol–water partition coefficient (Wildman–Crippen LogP) is 4.34. The number of hydrogen-bond acceptors (Lipinski definition) is 5. The molecule has 2 aromatic carbocycles. The van der Waals surface area contributed by atoms with Crippen molar-refractivity contribution in [1.82, 2.24) is 14.8 Å². The molecule has 0 bridgehead atoms. The molecule has 6 nitrogen and oxygen atoms in total. The van der Waals surface area contributed by atoms with E-state index in [-0.39, 0.29) is 12.5 Å². The van der Waals surface area contributed by atoms with E-state index < -0.39 is 0 Å². The van der Waals surface area contributed by atoms with Crippen molar-refractivity contribution in [3.8, 4) is 17.2 Å². The number of nitrogens with zero attached hydrogens (tertiary/aromatic N) is 3. The van der Waals surface area contributed by atoms with Crippen LogP contribution in [-0.4, -0.2) is 53.5 Å². The number of hydrogen-bond donors (Lipinski definition) is 0. The topological polar surface area (TPSA) is 58.8 Å². The number of oxazole rings is 1. The van der Waals surface area contributed by atoms with Gasteiger partial charge in [-0.3, -0.25) is 9.69 Å². The Labute approximate surface area is 187 Å². The standard InChI is InChI=1S/C24H26ClN3O3/c1-17-5-3-8-21(13-17)30-16-23(29)28-11-9-27(10-12-28)15-22-18(2)31-24(26-22)19-6-4-7-20(25)14-19/h3-8,13-14H,9-12,15-16H2,1-2H3. The van der Waals surface area contributed by atoms with Crippen molar-refractivity contribution in [2.24, 2.45) is 0 Å². The number of carbonyl (C=O) groups excluding carboxylic acids is 1. The number of rotatable bonds is 6. The summed E-state index contributed by atoms with van der Waals surface area (Å²) in [6.07, 6.45) is 0. The third-order valence-electron chi connectivity index (χ3n) is 5.41. The van der Waals surface area contributed by atoms with Crippen LogP contribution in [0.4, 0.5) is 0 Å². The molecule has 0 N–H and O–H groups in total. The minimum Gasteiger partial charge on any atom is -0.484 e. The van der Waals surface area contributed by atoms with E-state index in [4.69, 9.17) is 20.8 Å². The van der Waals surface area contributed by atoms with Crippen LogP contribution in [-0.2, 0) is 11.3 Å². The third kappa shape index (κ3) is 5.46. The molecule has 162 valence electrons. The average Bonchev–Trinajstić information content (AvgIpc) is 3.13. The van der Waals surface area contributed by atoms with E-state index in [1.54, 1.807) is 0 Å². The van der Waals surface area contributed by atoms with E-state index in [2.05, 4.69) is 9.88 Å². The number of piperazine rings is 1. The molecule has 1 aliphatic heterocycles. The molecule has 31 heavy (non-hydrogen) atoms. The summed E-state index contributed by atoms with van der Waals surface area (Å²) in [7, 11) is 0. The minimum atomic E-state index is 0.0158. The third-order valence-corrected chi connectivity index (χ3v) is 5.65. The molecule has 1 saturated heterocycles. The number of aryl methyl sites for hydroxylation is 2. The van der Waals surface area contributed by atoms with Crippen molar-refractivity contribution in [2.75, 3.05) is 32.8 Å². The first-order chi connectivity index (χ1) is 15.0. The van der Waals surface area contributed by atoms with Gasteiger partial charge in [-0.25, -0.2) is 4.98 Å². The second-order valence-corrected chi connectivity index (χ2v) is 8.23. The van der Waals surface area contributed by atoms with Gasteiger partial charge in [0, 0.05) is 43.3 Å². The van der Waals surface area contributed by atoms with Crippen molar-refractivity contribution in [1.29, 1.82) is 0 Å².